The maximum atomic E-state index is 11.9. The summed E-state index contributed by atoms with van der Waals surface area (Å²) in [6.45, 7) is 4.13. The predicted molar refractivity (Wildman–Crippen MR) is 107 cm³/mol. The van der Waals surface area contributed by atoms with Gasteiger partial charge in [-0.15, -0.1) is 0 Å². The Labute approximate surface area is 159 Å². The molecule has 0 aromatic heterocycles. The number of hydrogen-bond donors (Lipinski definition) is 0. The summed E-state index contributed by atoms with van der Waals surface area (Å²) in [6.07, 6.45) is 2.45. The molecule has 1 heterocycles. The molecule has 1 aliphatic rings. The highest BCUT2D eigenvalue weighted by atomic mass is 16.5. The van der Waals surface area contributed by atoms with E-state index >= 15 is 0 Å². The van der Waals surface area contributed by atoms with Crippen molar-refractivity contribution >= 4 is 29.2 Å². The van der Waals surface area contributed by atoms with Crippen molar-refractivity contribution in [1.82, 2.24) is 0 Å². The summed E-state index contributed by atoms with van der Waals surface area (Å²) in [4.78, 5) is 23.6. The summed E-state index contributed by atoms with van der Waals surface area (Å²) in [5.74, 6) is -0.903. The van der Waals surface area contributed by atoms with Crippen LogP contribution in [0.1, 0.15) is 31.4 Å². The second-order valence-electron chi connectivity index (χ2n) is 6.21. The van der Waals surface area contributed by atoms with Crippen molar-refractivity contribution in [2.24, 2.45) is 5.10 Å². The van der Waals surface area contributed by atoms with E-state index in [1.165, 1.54) is 6.92 Å². The van der Waals surface area contributed by atoms with E-state index in [0.29, 0.717) is 0 Å². The number of ketones is 1. The third kappa shape index (κ3) is 4.50. The third-order valence-corrected chi connectivity index (χ3v) is 4.29. The Morgan fingerprint density at radius 1 is 1.11 bits per heavy atom. The lowest BCUT2D eigenvalue weighted by Gasteiger charge is -2.13. The normalized spacial score (nSPS) is 14.1. The van der Waals surface area contributed by atoms with Gasteiger partial charge in [-0.25, -0.2) is 4.79 Å². The maximum Gasteiger partial charge on any atom is 0.341 e. The number of anilines is 1. The molecule has 0 aliphatic carbocycles. The molecule has 0 N–H and O–H groups in total. The molecule has 3 rings (SSSR count). The van der Waals surface area contributed by atoms with Crippen LogP contribution < -0.4 is 5.01 Å². The number of nitrogens with zero attached hydrogens (tertiary/aromatic N) is 2. The van der Waals surface area contributed by atoms with E-state index in [-0.39, 0.29) is 18.0 Å². The second kappa shape index (κ2) is 8.45. The van der Waals surface area contributed by atoms with Gasteiger partial charge in [-0.05, 0) is 43.2 Å². The van der Waals surface area contributed by atoms with Gasteiger partial charge in [0.25, 0.3) is 0 Å². The Morgan fingerprint density at radius 3 is 2.44 bits per heavy atom. The Hall–Kier alpha value is -3.21. The third-order valence-electron chi connectivity index (χ3n) is 4.29. The molecule has 1 aliphatic heterocycles. The minimum Gasteiger partial charge on any atom is -0.462 e. The monoisotopic (exact) mass is 362 g/mol. The molecule has 2 aromatic rings. The van der Waals surface area contributed by atoms with Crippen molar-refractivity contribution in [2.75, 3.05) is 18.2 Å². The van der Waals surface area contributed by atoms with Gasteiger partial charge in [-0.3, -0.25) is 9.80 Å². The first kappa shape index (κ1) is 18.6. The number of ether oxygens (including phenoxy) is 1. The summed E-state index contributed by atoms with van der Waals surface area (Å²) in [5.41, 5.74) is 4.00. The van der Waals surface area contributed by atoms with Gasteiger partial charge in [-0.1, -0.05) is 42.5 Å². The van der Waals surface area contributed by atoms with Crippen LogP contribution in [0.4, 0.5) is 5.69 Å². The summed E-state index contributed by atoms with van der Waals surface area (Å²) in [5, 5.41) is 6.67. The zero-order chi connectivity index (χ0) is 19.2. The number of hydrazone groups is 1. The number of esters is 1. The van der Waals surface area contributed by atoms with Crippen LogP contribution >= 0.6 is 0 Å². The van der Waals surface area contributed by atoms with Crippen LogP contribution in [0.5, 0.6) is 0 Å². The number of carbonyl (C=O) groups is 2. The lowest BCUT2D eigenvalue weighted by Crippen LogP contribution is -2.13. The van der Waals surface area contributed by atoms with E-state index in [1.807, 2.05) is 47.5 Å². The highest BCUT2D eigenvalue weighted by Gasteiger charge is 2.18. The minimum absolute atomic E-state index is 0.0511. The van der Waals surface area contributed by atoms with E-state index in [9.17, 15) is 9.59 Å². The average Bonchev–Trinajstić information content (AvgIpc) is 3.17. The van der Waals surface area contributed by atoms with E-state index < -0.39 is 5.97 Å². The van der Waals surface area contributed by atoms with Gasteiger partial charge in [0.1, 0.15) is 5.57 Å². The van der Waals surface area contributed by atoms with Crippen molar-refractivity contribution in [3.05, 3.63) is 71.3 Å². The van der Waals surface area contributed by atoms with Crippen LogP contribution in [0.3, 0.4) is 0 Å². The Balaban J connectivity index is 1.77. The largest absolute Gasteiger partial charge is 0.462 e. The van der Waals surface area contributed by atoms with Crippen LogP contribution in [0.25, 0.3) is 6.08 Å². The minimum atomic E-state index is -0.592. The Morgan fingerprint density at radius 2 is 1.81 bits per heavy atom. The number of carbonyl (C=O) groups excluding carboxylic acids is 2. The summed E-state index contributed by atoms with van der Waals surface area (Å²) in [6, 6.07) is 17.8. The zero-order valence-electron chi connectivity index (χ0n) is 15.5. The molecule has 0 fully saturated rings. The standard InChI is InChI=1S/C22H22N2O3/c1-3-27-22(26)20(16(2)25)15-17-9-11-19(12-10-17)24-14-13-21(23-24)18-7-5-4-6-8-18/h4-12,15H,3,13-14H2,1-2H3/b20-15-. The molecule has 0 spiro atoms. The summed E-state index contributed by atoms with van der Waals surface area (Å²) >= 11 is 0. The quantitative estimate of drug-likeness (QED) is 0.339. The summed E-state index contributed by atoms with van der Waals surface area (Å²) < 4.78 is 4.94. The SMILES string of the molecule is CCOC(=O)/C(=C\c1ccc(N2CCC(c3ccccc3)=N2)cc1)C(C)=O. The number of hydrogen-bond acceptors (Lipinski definition) is 5. The molecule has 0 atom stereocenters. The van der Waals surface area contributed by atoms with Crippen LogP contribution in [-0.4, -0.2) is 30.6 Å². The predicted octanol–water partition coefficient (Wildman–Crippen LogP) is 3.84. The molecule has 27 heavy (non-hydrogen) atoms. The number of rotatable bonds is 6. The van der Waals surface area contributed by atoms with Gasteiger partial charge in [0.2, 0.25) is 0 Å². The van der Waals surface area contributed by atoms with Gasteiger partial charge in [-0.2, -0.15) is 5.10 Å². The highest BCUT2D eigenvalue weighted by molar-refractivity contribution is 6.19. The van der Waals surface area contributed by atoms with Crippen molar-refractivity contribution < 1.29 is 14.3 Å². The molecule has 0 radical (unpaired) electrons. The molecule has 0 bridgehead atoms. The van der Waals surface area contributed by atoms with Crippen molar-refractivity contribution in [2.45, 2.75) is 20.3 Å². The molecule has 0 amide bonds. The van der Waals surface area contributed by atoms with Crippen molar-refractivity contribution in [3.63, 3.8) is 0 Å². The lowest BCUT2D eigenvalue weighted by atomic mass is 10.1. The van der Waals surface area contributed by atoms with Gasteiger partial charge in [0, 0.05) is 13.0 Å². The molecule has 0 saturated carbocycles. The Bertz CT molecular complexity index is 884. The first-order chi connectivity index (χ1) is 13.1. The van der Waals surface area contributed by atoms with Crippen LogP contribution in [-0.2, 0) is 14.3 Å². The van der Waals surface area contributed by atoms with Crippen LogP contribution in [0, 0.1) is 0 Å². The van der Waals surface area contributed by atoms with Crippen LogP contribution in [0.2, 0.25) is 0 Å². The molecule has 5 heteroatoms. The number of benzene rings is 2. The van der Waals surface area contributed by atoms with Crippen molar-refractivity contribution in [1.29, 1.82) is 0 Å². The second-order valence-corrected chi connectivity index (χ2v) is 6.21. The fraction of sp³-hybridized carbons (Fsp3) is 0.227. The highest BCUT2D eigenvalue weighted by Crippen LogP contribution is 2.23. The molecule has 0 saturated heterocycles. The number of Topliss-reactive ketones (excluding diaryl/α,β-unsaturated/α-hetero) is 1. The molecular weight excluding hydrogens is 340 g/mol. The topological polar surface area (TPSA) is 59.0 Å². The summed E-state index contributed by atoms with van der Waals surface area (Å²) in [7, 11) is 0. The fourth-order valence-electron chi connectivity index (χ4n) is 2.90. The molecule has 5 nitrogen and oxygen atoms in total. The first-order valence-corrected chi connectivity index (χ1v) is 8.98. The first-order valence-electron chi connectivity index (χ1n) is 8.98. The molecular formula is C22H22N2O3. The zero-order valence-corrected chi connectivity index (χ0v) is 15.5. The average molecular weight is 362 g/mol. The molecule has 0 unspecified atom stereocenters. The van der Waals surface area contributed by atoms with Gasteiger partial charge < -0.3 is 4.74 Å². The lowest BCUT2D eigenvalue weighted by molar-refractivity contribution is -0.139. The van der Waals surface area contributed by atoms with E-state index in [4.69, 9.17) is 9.84 Å². The maximum absolute atomic E-state index is 11.9. The van der Waals surface area contributed by atoms with Crippen molar-refractivity contribution in [3.8, 4) is 0 Å². The van der Waals surface area contributed by atoms with E-state index in [1.54, 1.807) is 13.0 Å². The van der Waals surface area contributed by atoms with Gasteiger partial charge in [0.15, 0.2) is 5.78 Å². The van der Waals surface area contributed by atoms with Gasteiger partial charge in [0.05, 0.1) is 18.0 Å². The molecule has 2 aromatic carbocycles. The Kier molecular flexibility index (Phi) is 5.81. The molecule has 138 valence electrons. The van der Waals surface area contributed by atoms with Crippen LogP contribution in [0.15, 0.2) is 65.3 Å². The van der Waals surface area contributed by atoms with Gasteiger partial charge >= 0.3 is 5.97 Å². The van der Waals surface area contributed by atoms with E-state index in [2.05, 4.69) is 12.1 Å². The van der Waals surface area contributed by atoms with E-state index in [0.717, 1.165) is 35.5 Å². The smallest absolute Gasteiger partial charge is 0.341 e. The fourth-order valence-corrected chi connectivity index (χ4v) is 2.90.